The lowest BCUT2D eigenvalue weighted by Gasteiger charge is -2.16. The summed E-state index contributed by atoms with van der Waals surface area (Å²) in [6.45, 7) is 0. The van der Waals surface area contributed by atoms with Crippen molar-refractivity contribution in [3.63, 3.8) is 0 Å². The second kappa shape index (κ2) is 3.96. The zero-order valence-corrected chi connectivity index (χ0v) is 8.75. The first kappa shape index (κ1) is 11.8. The normalized spacial score (nSPS) is 14.1. The number of fused-ring (bicyclic) bond motifs is 1. The molecule has 0 aliphatic heterocycles. The fraction of sp³-hybridized carbons (Fsp3) is 0.273. The van der Waals surface area contributed by atoms with Gasteiger partial charge in [0.1, 0.15) is 5.75 Å². The minimum atomic E-state index is -4.35. The Hall–Kier alpha value is -1.69. The number of hydrogen-bond acceptors (Lipinski definition) is 2. The lowest BCUT2D eigenvalue weighted by atomic mass is 10.0. The maximum Gasteiger partial charge on any atom is 0.390 e. The third kappa shape index (κ3) is 2.36. The highest BCUT2D eigenvalue weighted by Crippen LogP contribution is 2.35. The first-order valence-corrected chi connectivity index (χ1v) is 5.00. The number of phenols is 1. The van der Waals surface area contributed by atoms with Crippen molar-refractivity contribution < 1.29 is 18.3 Å². The van der Waals surface area contributed by atoms with E-state index in [1.165, 1.54) is 6.07 Å². The van der Waals surface area contributed by atoms with Crippen molar-refractivity contribution in [2.24, 2.45) is 5.73 Å². The van der Waals surface area contributed by atoms with Crippen LogP contribution in [-0.2, 0) is 0 Å². The van der Waals surface area contributed by atoms with Crippen LogP contribution in [0.1, 0.15) is 18.0 Å². The molecule has 0 aliphatic carbocycles. The molecule has 4 N–H and O–H groups in total. The third-order valence-corrected chi connectivity index (χ3v) is 2.59. The van der Waals surface area contributed by atoms with Crippen molar-refractivity contribution in [1.82, 2.24) is 4.98 Å². The lowest BCUT2D eigenvalue weighted by Crippen LogP contribution is -2.20. The molecule has 0 bridgehead atoms. The summed E-state index contributed by atoms with van der Waals surface area (Å²) in [5, 5.41) is 10.3. The minimum Gasteiger partial charge on any atom is -0.507 e. The van der Waals surface area contributed by atoms with E-state index < -0.39 is 18.6 Å². The summed E-state index contributed by atoms with van der Waals surface area (Å²) in [7, 11) is 0. The number of hydrogen-bond donors (Lipinski definition) is 3. The van der Waals surface area contributed by atoms with Gasteiger partial charge in [0.15, 0.2) is 0 Å². The van der Waals surface area contributed by atoms with E-state index in [9.17, 15) is 18.3 Å². The summed E-state index contributed by atoms with van der Waals surface area (Å²) in [5.41, 5.74) is 6.22. The maximum atomic E-state index is 12.2. The van der Waals surface area contributed by atoms with Crippen molar-refractivity contribution in [2.75, 3.05) is 0 Å². The Morgan fingerprint density at radius 2 is 2.00 bits per heavy atom. The quantitative estimate of drug-likeness (QED) is 0.760. The summed E-state index contributed by atoms with van der Waals surface area (Å²) in [6, 6.07) is 3.34. The molecule has 1 aromatic heterocycles. The van der Waals surface area contributed by atoms with Crippen LogP contribution in [0.2, 0.25) is 0 Å². The molecular weight excluding hydrogens is 233 g/mol. The first-order chi connectivity index (χ1) is 7.88. The zero-order chi connectivity index (χ0) is 12.6. The van der Waals surface area contributed by atoms with Gasteiger partial charge < -0.3 is 15.8 Å². The first-order valence-electron chi connectivity index (χ1n) is 5.00. The largest absolute Gasteiger partial charge is 0.507 e. The number of nitrogens with two attached hydrogens (primary N) is 1. The van der Waals surface area contributed by atoms with Crippen LogP contribution >= 0.6 is 0 Å². The molecule has 0 saturated carbocycles. The Morgan fingerprint density at radius 3 is 2.65 bits per heavy atom. The average Bonchev–Trinajstić information content (AvgIpc) is 2.63. The molecule has 6 heteroatoms. The van der Waals surface area contributed by atoms with Crippen molar-refractivity contribution in [1.29, 1.82) is 0 Å². The molecule has 0 radical (unpaired) electrons. The summed E-state index contributed by atoms with van der Waals surface area (Å²) in [6.07, 6.45) is -3.90. The van der Waals surface area contributed by atoms with Crippen LogP contribution in [0.5, 0.6) is 5.75 Å². The van der Waals surface area contributed by atoms with E-state index in [0.717, 1.165) is 0 Å². The van der Waals surface area contributed by atoms with Gasteiger partial charge in [0.25, 0.3) is 0 Å². The van der Waals surface area contributed by atoms with E-state index >= 15 is 0 Å². The fourth-order valence-electron chi connectivity index (χ4n) is 1.79. The van der Waals surface area contributed by atoms with Crippen LogP contribution in [0.25, 0.3) is 10.9 Å². The molecule has 0 spiro atoms. The number of aromatic amines is 1. The lowest BCUT2D eigenvalue weighted by molar-refractivity contribution is -0.138. The number of phenolic OH excluding ortho intramolecular Hbond substituents is 1. The Labute approximate surface area is 95.0 Å². The average molecular weight is 244 g/mol. The number of H-pyrrole nitrogens is 1. The van der Waals surface area contributed by atoms with Crippen LogP contribution in [0, 0.1) is 0 Å². The highest BCUT2D eigenvalue weighted by molar-refractivity contribution is 5.87. The summed E-state index contributed by atoms with van der Waals surface area (Å²) in [5.74, 6) is -0.194. The number of rotatable bonds is 2. The molecule has 0 aliphatic rings. The number of halogens is 3. The third-order valence-electron chi connectivity index (χ3n) is 2.59. The molecule has 0 saturated heterocycles. The van der Waals surface area contributed by atoms with Crippen LogP contribution in [0.15, 0.2) is 24.4 Å². The molecular formula is C11H11F3N2O. The number of nitrogens with one attached hydrogen (secondary N) is 1. The standard InChI is InChI=1S/C11H11F3N2O/c12-11(13,14)5-8(15)6-1-2-9-7(10(6)17)3-4-16-9/h1-4,8,16-17H,5,15H2. The Kier molecular flexibility index (Phi) is 2.74. The molecule has 1 aromatic carbocycles. The van der Waals surface area contributed by atoms with Crippen LogP contribution in [0.4, 0.5) is 13.2 Å². The van der Waals surface area contributed by atoms with E-state index in [-0.39, 0.29) is 11.3 Å². The predicted octanol–water partition coefficient (Wildman–Crippen LogP) is 2.83. The van der Waals surface area contributed by atoms with Crippen molar-refractivity contribution in [2.45, 2.75) is 18.6 Å². The Balaban J connectivity index is 2.38. The summed E-state index contributed by atoms with van der Waals surface area (Å²) < 4.78 is 36.6. The number of aromatic nitrogens is 1. The molecule has 1 unspecified atom stereocenters. The van der Waals surface area contributed by atoms with Crippen molar-refractivity contribution in [3.8, 4) is 5.75 Å². The monoisotopic (exact) mass is 244 g/mol. The van der Waals surface area contributed by atoms with Gasteiger partial charge in [-0.05, 0) is 12.1 Å². The van der Waals surface area contributed by atoms with Crippen LogP contribution in [0.3, 0.4) is 0 Å². The second-order valence-electron chi connectivity index (χ2n) is 3.87. The number of alkyl halides is 3. The van der Waals surface area contributed by atoms with E-state index in [1.807, 2.05) is 0 Å². The van der Waals surface area contributed by atoms with Gasteiger partial charge in [-0.25, -0.2) is 0 Å². The maximum absolute atomic E-state index is 12.2. The van der Waals surface area contributed by atoms with Crippen molar-refractivity contribution in [3.05, 3.63) is 30.0 Å². The van der Waals surface area contributed by atoms with E-state index in [1.54, 1.807) is 18.3 Å². The highest BCUT2D eigenvalue weighted by Gasteiger charge is 2.32. The summed E-state index contributed by atoms with van der Waals surface area (Å²) in [4.78, 5) is 2.85. The minimum absolute atomic E-state index is 0.106. The fourth-order valence-corrected chi connectivity index (χ4v) is 1.79. The molecule has 0 amide bonds. The molecule has 92 valence electrons. The molecule has 3 nitrogen and oxygen atoms in total. The van der Waals surface area contributed by atoms with Crippen LogP contribution < -0.4 is 5.73 Å². The topological polar surface area (TPSA) is 62.0 Å². The Bertz CT molecular complexity index is 533. The Morgan fingerprint density at radius 1 is 1.29 bits per heavy atom. The number of benzene rings is 1. The molecule has 0 fully saturated rings. The SMILES string of the molecule is NC(CC(F)(F)F)c1ccc2[nH]ccc2c1O. The van der Waals surface area contributed by atoms with Gasteiger partial charge in [-0.1, -0.05) is 6.07 Å². The zero-order valence-electron chi connectivity index (χ0n) is 8.75. The molecule has 1 atom stereocenters. The molecule has 2 aromatic rings. The summed E-state index contributed by atoms with van der Waals surface area (Å²) >= 11 is 0. The van der Waals surface area contributed by atoms with Crippen LogP contribution in [-0.4, -0.2) is 16.3 Å². The predicted molar refractivity (Wildman–Crippen MR) is 57.6 cm³/mol. The van der Waals surface area contributed by atoms with Gasteiger partial charge in [0.2, 0.25) is 0 Å². The molecule has 17 heavy (non-hydrogen) atoms. The van der Waals surface area contributed by atoms with Crippen molar-refractivity contribution >= 4 is 10.9 Å². The van der Waals surface area contributed by atoms with E-state index in [2.05, 4.69) is 4.98 Å². The van der Waals surface area contributed by atoms with Gasteiger partial charge in [-0.3, -0.25) is 0 Å². The molecule has 2 rings (SSSR count). The molecule has 1 heterocycles. The van der Waals surface area contributed by atoms with Gasteiger partial charge in [-0.2, -0.15) is 13.2 Å². The van der Waals surface area contributed by atoms with Gasteiger partial charge in [0.05, 0.1) is 6.42 Å². The van der Waals surface area contributed by atoms with Gasteiger partial charge in [0, 0.05) is 28.7 Å². The van der Waals surface area contributed by atoms with Gasteiger partial charge >= 0.3 is 6.18 Å². The highest BCUT2D eigenvalue weighted by atomic mass is 19.4. The smallest absolute Gasteiger partial charge is 0.390 e. The van der Waals surface area contributed by atoms with Gasteiger partial charge in [-0.15, -0.1) is 0 Å². The second-order valence-corrected chi connectivity index (χ2v) is 3.87. The van der Waals surface area contributed by atoms with E-state index in [0.29, 0.717) is 10.9 Å². The number of aromatic hydroxyl groups is 1. The van der Waals surface area contributed by atoms with E-state index in [4.69, 9.17) is 5.73 Å².